The first kappa shape index (κ1) is 19.9. The first-order valence-corrected chi connectivity index (χ1v) is 10.4. The predicted molar refractivity (Wildman–Crippen MR) is 122 cm³/mol. The highest BCUT2D eigenvalue weighted by molar-refractivity contribution is 9.13. The Bertz CT molecular complexity index is 1250. The van der Waals surface area contributed by atoms with E-state index in [-0.39, 0.29) is 5.75 Å². The molecule has 0 aliphatic heterocycles. The molecule has 1 heterocycles. The Morgan fingerprint density at radius 1 is 1.14 bits per heavy atom. The van der Waals surface area contributed by atoms with Crippen LogP contribution in [0, 0.1) is 0 Å². The summed E-state index contributed by atoms with van der Waals surface area (Å²) in [5, 5.41) is 10.7. The Morgan fingerprint density at radius 3 is 2.76 bits per heavy atom. The van der Waals surface area contributed by atoms with E-state index in [1.165, 1.54) is 7.11 Å². The van der Waals surface area contributed by atoms with Crippen LogP contribution in [0.15, 0.2) is 66.9 Å². The fourth-order valence-corrected chi connectivity index (χ4v) is 3.74. The van der Waals surface area contributed by atoms with Crippen LogP contribution in [0.2, 0.25) is 5.02 Å². The molecule has 0 amide bonds. The second-order valence-electron chi connectivity index (χ2n) is 6.08. The quantitative estimate of drug-likeness (QED) is 0.282. The van der Waals surface area contributed by atoms with Crippen LogP contribution in [0.4, 0.5) is 5.69 Å². The number of rotatable bonds is 4. The Kier molecular flexibility index (Phi) is 5.63. The van der Waals surface area contributed by atoms with Crippen molar-refractivity contribution < 1.29 is 14.3 Å². The summed E-state index contributed by atoms with van der Waals surface area (Å²) in [4.78, 5) is 9.03. The number of aliphatic imine (C=N–C) groups is 1. The minimum Gasteiger partial charge on any atom is -0.503 e. The normalized spacial score (nSPS) is 11.4. The van der Waals surface area contributed by atoms with Crippen molar-refractivity contribution in [1.82, 2.24) is 4.98 Å². The predicted octanol–water partition coefficient (Wildman–Crippen LogP) is 7.14. The van der Waals surface area contributed by atoms with Crippen molar-refractivity contribution in [3.63, 3.8) is 0 Å². The number of hydrogen-bond acceptors (Lipinski definition) is 5. The standard InChI is InChI=1S/C21H13Br2ClN2O3/c1-28-17-8-12(18(22)19(23)20(17)27)10-25-14-4-2-3-11(7-14)21-26-15-9-13(24)5-6-16(15)29-21/h2-10,27H,1H3. The highest BCUT2D eigenvalue weighted by Crippen LogP contribution is 2.41. The summed E-state index contributed by atoms with van der Waals surface area (Å²) in [6.45, 7) is 0. The summed E-state index contributed by atoms with van der Waals surface area (Å²) in [7, 11) is 1.49. The second-order valence-corrected chi connectivity index (χ2v) is 8.11. The van der Waals surface area contributed by atoms with E-state index >= 15 is 0 Å². The third kappa shape index (κ3) is 4.03. The molecule has 5 nitrogen and oxygen atoms in total. The van der Waals surface area contributed by atoms with E-state index in [9.17, 15) is 5.11 Å². The zero-order valence-corrected chi connectivity index (χ0v) is 18.9. The largest absolute Gasteiger partial charge is 0.503 e. The number of methoxy groups -OCH3 is 1. The number of nitrogens with zero attached hydrogens (tertiary/aromatic N) is 2. The molecule has 4 aromatic rings. The van der Waals surface area contributed by atoms with Crippen molar-refractivity contribution in [3.8, 4) is 23.0 Å². The molecule has 0 fully saturated rings. The summed E-state index contributed by atoms with van der Waals surface area (Å²) < 4.78 is 12.2. The van der Waals surface area contributed by atoms with E-state index in [0.29, 0.717) is 36.7 Å². The van der Waals surface area contributed by atoms with Gasteiger partial charge in [-0.05, 0) is 74.3 Å². The number of phenols is 1. The lowest BCUT2D eigenvalue weighted by atomic mass is 10.2. The third-order valence-electron chi connectivity index (χ3n) is 4.19. The van der Waals surface area contributed by atoms with Crippen LogP contribution in [-0.4, -0.2) is 23.4 Å². The number of ether oxygens (including phenoxy) is 1. The third-order valence-corrected chi connectivity index (χ3v) is 6.58. The van der Waals surface area contributed by atoms with Crippen LogP contribution in [0.1, 0.15) is 5.56 Å². The summed E-state index contributed by atoms with van der Waals surface area (Å²) in [6.07, 6.45) is 1.68. The lowest BCUT2D eigenvalue weighted by molar-refractivity contribution is 0.371. The Labute approximate surface area is 188 Å². The summed E-state index contributed by atoms with van der Waals surface area (Å²) in [6, 6.07) is 14.6. The molecule has 1 N–H and O–H groups in total. The van der Waals surface area contributed by atoms with Gasteiger partial charge in [-0.15, -0.1) is 0 Å². The van der Waals surface area contributed by atoms with Gasteiger partial charge in [-0.25, -0.2) is 4.98 Å². The SMILES string of the molecule is COc1cc(C=Nc2cccc(-c3nc4cc(Cl)ccc4o3)c2)c(Br)c(Br)c1O. The topological polar surface area (TPSA) is 67.9 Å². The Hall–Kier alpha value is -2.35. The monoisotopic (exact) mass is 534 g/mol. The lowest BCUT2D eigenvalue weighted by Gasteiger charge is -2.09. The zero-order chi connectivity index (χ0) is 20.5. The minimum absolute atomic E-state index is 0.0228. The van der Waals surface area contributed by atoms with E-state index in [0.717, 1.165) is 16.8 Å². The summed E-state index contributed by atoms with van der Waals surface area (Å²) in [5.41, 5.74) is 3.64. The molecule has 0 unspecified atom stereocenters. The smallest absolute Gasteiger partial charge is 0.227 e. The molecule has 0 radical (unpaired) electrons. The fraction of sp³-hybridized carbons (Fsp3) is 0.0476. The molecule has 3 aromatic carbocycles. The maximum absolute atomic E-state index is 10.1. The Balaban J connectivity index is 1.68. The van der Waals surface area contributed by atoms with Crippen LogP contribution in [-0.2, 0) is 0 Å². The van der Waals surface area contributed by atoms with Gasteiger partial charge in [-0.2, -0.15) is 0 Å². The highest BCUT2D eigenvalue weighted by Gasteiger charge is 2.14. The molecule has 0 saturated heterocycles. The van der Waals surface area contributed by atoms with Gasteiger partial charge < -0.3 is 14.3 Å². The number of oxazole rings is 1. The molecule has 29 heavy (non-hydrogen) atoms. The number of aromatic hydroxyl groups is 1. The number of fused-ring (bicyclic) bond motifs is 1. The fourth-order valence-electron chi connectivity index (χ4n) is 2.75. The first-order chi connectivity index (χ1) is 14.0. The second kappa shape index (κ2) is 8.18. The molecule has 4 rings (SSSR count). The van der Waals surface area contributed by atoms with Crippen LogP contribution < -0.4 is 4.74 Å². The molecule has 1 aromatic heterocycles. The molecular weight excluding hydrogens is 524 g/mol. The molecule has 146 valence electrons. The van der Waals surface area contributed by atoms with E-state index in [1.807, 2.05) is 24.3 Å². The van der Waals surface area contributed by atoms with Crippen LogP contribution in [0.3, 0.4) is 0 Å². The number of benzene rings is 3. The van der Waals surface area contributed by atoms with Gasteiger partial charge in [0.25, 0.3) is 0 Å². The van der Waals surface area contributed by atoms with Gasteiger partial charge in [0, 0.05) is 26.8 Å². The lowest BCUT2D eigenvalue weighted by Crippen LogP contribution is -1.91. The molecule has 0 bridgehead atoms. The van der Waals surface area contributed by atoms with Gasteiger partial charge in [-0.3, -0.25) is 4.99 Å². The van der Waals surface area contributed by atoms with Gasteiger partial charge in [-0.1, -0.05) is 17.7 Å². The Morgan fingerprint density at radius 2 is 1.97 bits per heavy atom. The van der Waals surface area contributed by atoms with E-state index in [2.05, 4.69) is 41.8 Å². The number of phenolic OH excluding ortho intramolecular Hbond substituents is 1. The van der Waals surface area contributed by atoms with Crippen molar-refractivity contribution in [3.05, 3.63) is 68.1 Å². The van der Waals surface area contributed by atoms with Crippen LogP contribution >= 0.6 is 43.5 Å². The van der Waals surface area contributed by atoms with Crippen molar-refractivity contribution in [2.75, 3.05) is 7.11 Å². The number of hydrogen-bond donors (Lipinski definition) is 1. The van der Waals surface area contributed by atoms with Crippen molar-refractivity contribution in [2.24, 2.45) is 4.99 Å². The molecule has 0 spiro atoms. The van der Waals surface area contributed by atoms with Crippen molar-refractivity contribution >= 4 is 66.5 Å². The average Bonchev–Trinajstić information content (AvgIpc) is 3.15. The van der Waals surface area contributed by atoms with Crippen molar-refractivity contribution in [1.29, 1.82) is 0 Å². The molecular formula is C21H13Br2ClN2O3. The zero-order valence-electron chi connectivity index (χ0n) is 15.0. The van der Waals surface area contributed by atoms with Crippen LogP contribution in [0.5, 0.6) is 11.5 Å². The van der Waals surface area contributed by atoms with Gasteiger partial charge in [0.2, 0.25) is 5.89 Å². The maximum Gasteiger partial charge on any atom is 0.227 e. The van der Waals surface area contributed by atoms with Gasteiger partial charge in [0.15, 0.2) is 17.1 Å². The molecule has 0 saturated carbocycles. The number of halogens is 3. The summed E-state index contributed by atoms with van der Waals surface area (Å²) in [5.74, 6) is 0.865. The van der Waals surface area contributed by atoms with Gasteiger partial charge in [0.1, 0.15) is 5.52 Å². The number of aromatic nitrogens is 1. The van der Waals surface area contributed by atoms with Gasteiger partial charge >= 0.3 is 0 Å². The van der Waals surface area contributed by atoms with E-state index in [1.54, 1.807) is 30.5 Å². The summed E-state index contributed by atoms with van der Waals surface area (Å²) >= 11 is 12.8. The molecule has 0 atom stereocenters. The van der Waals surface area contributed by atoms with Crippen molar-refractivity contribution in [2.45, 2.75) is 0 Å². The first-order valence-electron chi connectivity index (χ1n) is 8.42. The van der Waals surface area contributed by atoms with E-state index in [4.69, 9.17) is 20.8 Å². The highest BCUT2D eigenvalue weighted by atomic mass is 79.9. The van der Waals surface area contributed by atoms with Crippen LogP contribution in [0.25, 0.3) is 22.6 Å². The molecule has 0 aliphatic carbocycles. The average molecular weight is 537 g/mol. The minimum atomic E-state index is 0.0228. The molecule has 0 aliphatic rings. The van der Waals surface area contributed by atoms with E-state index < -0.39 is 0 Å². The molecule has 8 heteroatoms. The van der Waals surface area contributed by atoms with Gasteiger partial charge in [0.05, 0.1) is 17.3 Å². The maximum atomic E-state index is 10.1.